The van der Waals surface area contributed by atoms with Crippen LogP contribution in [0.2, 0.25) is 0 Å². The summed E-state index contributed by atoms with van der Waals surface area (Å²) in [6.07, 6.45) is 2.29. The standard InChI is InChI=1S/C17H15NO6S/c1-11-2-3-12(4-7-17(19)20)8-16(11)25(21,22)18-13-5-6-14-15(9-13)24-10-23-14/h2-9,18H,10H2,1H3,(H,19,20)/b7-4-. The summed E-state index contributed by atoms with van der Waals surface area (Å²) < 4.78 is 38.3. The maximum atomic E-state index is 12.7. The molecule has 1 aliphatic heterocycles. The van der Waals surface area contributed by atoms with Gasteiger partial charge in [0.25, 0.3) is 10.0 Å². The van der Waals surface area contributed by atoms with Gasteiger partial charge in [0.1, 0.15) is 0 Å². The number of carboxylic acid groups (broad SMARTS) is 1. The lowest BCUT2D eigenvalue weighted by Crippen LogP contribution is -2.14. The topological polar surface area (TPSA) is 102 Å². The maximum absolute atomic E-state index is 12.7. The molecule has 2 aromatic carbocycles. The number of anilines is 1. The predicted molar refractivity (Wildman–Crippen MR) is 91.2 cm³/mol. The van der Waals surface area contributed by atoms with E-state index in [0.29, 0.717) is 28.3 Å². The van der Waals surface area contributed by atoms with Crippen molar-refractivity contribution in [1.29, 1.82) is 0 Å². The molecule has 2 aromatic rings. The minimum Gasteiger partial charge on any atom is -0.478 e. The lowest BCUT2D eigenvalue weighted by molar-refractivity contribution is -0.131. The van der Waals surface area contributed by atoms with Crippen LogP contribution in [-0.4, -0.2) is 26.3 Å². The number of carbonyl (C=O) groups is 1. The number of ether oxygens (including phenoxy) is 2. The van der Waals surface area contributed by atoms with Crippen molar-refractivity contribution in [3.63, 3.8) is 0 Å². The summed E-state index contributed by atoms with van der Waals surface area (Å²) in [4.78, 5) is 10.7. The molecule has 0 atom stereocenters. The molecular weight excluding hydrogens is 346 g/mol. The molecule has 8 heteroatoms. The monoisotopic (exact) mass is 361 g/mol. The Hall–Kier alpha value is -3.00. The molecule has 7 nitrogen and oxygen atoms in total. The van der Waals surface area contributed by atoms with E-state index in [4.69, 9.17) is 14.6 Å². The Balaban J connectivity index is 1.91. The van der Waals surface area contributed by atoms with Crippen molar-refractivity contribution in [3.8, 4) is 11.5 Å². The summed E-state index contributed by atoms with van der Waals surface area (Å²) in [5, 5.41) is 8.69. The first kappa shape index (κ1) is 16.8. The summed E-state index contributed by atoms with van der Waals surface area (Å²) in [6, 6.07) is 9.44. The van der Waals surface area contributed by atoms with Gasteiger partial charge in [-0.1, -0.05) is 12.1 Å². The van der Waals surface area contributed by atoms with Crippen molar-refractivity contribution in [3.05, 3.63) is 53.6 Å². The van der Waals surface area contributed by atoms with E-state index < -0.39 is 16.0 Å². The number of sulfonamides is 1. The van der Waals surface area contributed by atoms with Crippen LogP contribution in [0.5, 0.6) is 11.5 Å². The van der Waals surface area contributed by atoms with Gasteiger partial charge in [-0.2, -0.15) is 0 Å². The van der Waals surface area contributed by atoms with Gasteiger partial charge in [-0.15, -0.1) is 0 Å². The SMILES string of the molecule is Cc1ccc(/C=C\C(=O)O)cc1S(=O)(=O)Nc1ccc2c(c1)OCO2. The van der Waals surface area contributed by atoms with Crippen LogP contribution < -0.4 is 14.2 Å². The molecule has 0 saturated heterocycles. The Morgan fingerprint density at radius 1 is 1.16 bits per heavy atom. The highest BCUT2D eigenvalue weighted by Gasteiger charge is 2.20. The molecule has 2 N–H and O–H groups in total. The molecule has 1 aliphatic rings. The van der Waals surface area contributed by atoms with Crippen LogP contribution >= 0.6 is 0 Å². The largest absolute Gasteiger partial charge is 0.478 e. The lowest BCUT2D eigenvalue weighted by Gasteiger charge is -2.11. The van der Waals surface area contributed by atoms with Crippen molar-refractivity contribution >= 4 is 27.8 Å². The third kappa shape index (κ3) is 3.74. The van der Waals surface area contributed by atoms with Gasteiger partial charge in [0.05, 0.1) is 10.6 Å². The lowest BCUT2D eigenvalue weighted by atomic mass is 10.1. The van der Waals surface area contributed by atoms with Gasteiger partial charge in [0.2, 0.25) is 6.79 Å². The van der Waals surface area contributed by atoms with Crippen LogP contribution in [0.3, 0.4) is 0 Å². The summed E-state index contributed by atoms with van der Waals surface area (Å²) in [7, 11) is -3.85. The number of aryl methyl sites for hydroxylation is 1. The Kier molecular flexibility index (Phi) is 4.37. The smallest absolute Gasteiger partial charge is 0.328 e. The summed E-state index contributed by atoms with van der Waals surface area (Å²) in [6.45, 7) is 1.77. The van der Waals surface area contributed by atoms with Gasteiger partial charge in [-0.05, 0) is 42.3 Å². The third-order valence-corrected chi connectivity index (χ3v) is 5.07. The van der Waals surface area contributed by atoms with Gasteiger partial charge in [-0.25, -0.2) is 13.2 Å². The number of nitrogens with one attached hydrogen (secondary N) is 1. The van der Waals surface area contributed by atoms with Crippen molar-refractivity contribution in [2.75, 3.05) is 11.5 Å². The molecule has 0 bridgehead atoms. The van der Waals surface area contributed by atoms with Gasteiger partial charge in [0.15, 0.2) is 11.5 Å². The first-order valence-electron chi connectivity index (χ1n) is 7.29. The van der Waals surface area contributed by atoms with E-state index in [9.17, 15) is 13.2 Å². The van der Waals surface area contributed by atoms with Crippen LogP contribution in [0, 0.1) is 6.92 Å². The number of aliphatic carboxylic acids is 1. The van der Waals surface area contributed by atoms with E-state index >= 15 is 0 Å². The van der Waals surface area contributed by atoms with Crippen LogP contribution in [0.15, 0.2) is 47.4 Å². The normalized spacial score (nSPS) is 13.2. The number of carboxylic acids is 1. The van der Waals surface area contributed by atoms with Gasteiger partial charge >= 0.3 is 5.97 Å². The fraction of sp³-hybridized carbons (Fsp3) is 0.118. The average molecular weight is 361 g/mol. The molecule has 0 aromatic heterocycles. The quantitative estimate of drug-likeness (QED) is 0.794. The fourth-order valence-corrected chi connectivity index (χ4v) is 3.68. The third-order valence-electron chi connectivity index (χ3n) is 3.54. The molecule has 0 spiro atoms. The highest BCUT2D eigenvalue weighted by atomic mass is 32.2. The molecule has 0 amide bonds. The minimum atomic E-state index is -3.85. The highest BCUT2D eigenvalue weighted by molar-refractivity contribution is 7.92. The van der Waals surface area contributed by atoms with E-state index in [-0.39, 0.29) is 11.7 Å². The predicted octanol–water partition coefficient (Wildman–Crippen LogP) is 2.62. The molecule has 3 rings (SSSR count). The zero-order valence-corrected chi connectivity index (χ0v) is 14.0. The van der Waals surface area contributed by atoms with Crippen molar-refractivity contribution in [2.24, 2.45) is 0 Å². The Morgan fingerprint density at radius 2 is 1.92 bits per heavy atom. The number of benzene rings is 2. The minimum absolute atomic E-state index is 0.0673. The second-order valence-corrected chi connectivity index (χ2v) is 7.02. The summed E-state index contributed by atoms with van der Waals surface area (Å²) >= 11 is 0. The molecule has 0 fully saturated rings. The van der Waals surface area contributed by atoms with Gasteiger partial charge in [-0.3, -0.25) is 4.72 Å². The van der Waals surface area contributed by atoms with Gasteiger partial charge < -0.3 is 14.6 Å². The molecule has 0 radical (unpaired) electrons. The Bertz CT molecular complexity index is 965. The van der Waals surface area contributed by atoms with Crippen molar-refractivity contribution < 1.29 is 27.8 Å². The van der Waals surface area contributed by atoms with Crippen molar-refractivity contribution in [2.45, 2.75) is 11.8 Å². The van der Waals surface area contributed by atoms with E-state index in [1.807, 2.05) is 0 Å². The molecule has 1 heterocycles. The highest BCUT2D eigenvalue weighted by Crippen LogP contribution is 2.35. The van der Waals surface area contributed by atoms with Gasteiger partial charge in [0, 0.05) is 12.1 Å². The first-order valence-corrected chi connectivity index (χ1v) is 8.77. The van der Waals surface area contributed by atoms with E-state index in [1.54, 1.807) is 37.3 Å². The van der Waals surface area contributed by atoms with E-state index in [2.05, 4.69) is 4.72 Å². The molecule has 25 heavy (non-hydrogen) atoms. The Morgan fingerprint density at radius 3 is 2.68 bits per heavy atom. The first-order chi connectivity index (χ1) is 11.8. The zero-order valence-electron chi connectivity index (χ0n) is 13.2. The second-order valence-electron chi connectivity index (χ2n) is 5.37. The fourth-order valence-electron chi connectivity index (χ4n) is 2.35. The zero-order chi connectivity index (χ0) is 18.0. The molecule has 130 valence electrons. The number of hydrogen-bond acceptors (Lipinski definition) is 5. The molecule has 0 aliphatic carbocycles. The van der Waals surface area contributed by atoms with Crippen molar-refractivity contribution in [1.82, 2.24) is 0 Å². The summed E-state index contributed by atoms with van der Waals surface area (Å²) in [5.41, 5.74) is 1.36. The molecule has 0 unspecified atom stereocenters. The average Bonchev–Trinajstić information content (AvgIpc) is 3.01. The van der Waals surface area contributed by atoms with E-state index in [1.165, 1.54) is 12.1 Å². The van der Waals surface area contributed by atoms with Crippen LogP contribution in [0.25, 0.3) is 6.08 Å². The maximum Gasteiger partial charge on any atom is 0.328 e. The number of rotatable bonds is 5. The number of hydrogen-bond donors (Lipinski definition) is 2. The van der Waals surface area contributed by atoms with Crippen LogP contribution in [0.1, 0.15) is 11.1 Å². The Labute approximate surface area is 144 Å². The number of fused-ring (bicyclic) bond motifs is 1. The molecular formula is C17H15NO6S. The van der Waals surface area contributed by atoms with E-state index in [0.717, 1.165) is 6.08 Å². The molecule has 0 saturated carbocycles. The second kappa shape index (κ2) is 6.48. The van der Waals surface area contributed by atoms with Crippen LogP contribution in [-0.2, 0) is 14.8 Å². The van der Waals surface area contributed by atoms with Crippen LogP contribution in [0.4, 0.5) is 5.69 Å². The summed E-state index contributed by atoms with van der Waals surface area (Å²) in [5.74, 6) is -0.0848.